The number of unbranched alkanes of at least 4 members (excludes halogenated alkanes) is 7. The summed E-state index contributed by atoms with van der Waals surface area (Å²) in [5.41, 5.74) is 7.96. The highest BCUT2D eigenvalue weighted by atomic mass is 32.2. The predicted octanol–water partition coefficient (Wildman–Crippen LogP) is 10.3. The summed E-state index contributed by atoms with van der Waals surface area (Å²) in [6.45, 7) is 9.73. The third-order valence-corrected chi connectivity index (χ3v) is 18.1. The quantitative estimate of drug-likeness (QED) is 0.0151. The lowest BCUT2D eigenvalue weighted by Gasteiger charge is -2.27. The summed E-state index contributed by atoms with van der Waals surface area (Å²) < 4.78 is 74.6. The van der Waals surface area contributed by atoms with Gasteiger partial charge in [-0.2, -0.15) is 21.4 Å². The number of hydrogen-bond acceptors (Lipinski definition) is 12. The molecule has 2 atom stereocenters. The lowest BCUT2D eigenvalue weighted by atomic mass is 9.81. The molecule has 0 radical (unpaired) electrons. The second-order valence-electron chi connectivity index (χ2n) is 24.1. The topological polar surface area (TPSA) is 323 Å². The summed E-state index contributed by atoms with van der Waals surface area (Å²) in [5.74, 6) is -3.51. The monoisotopic (exact) mass is 1270 g/mol. The number of para-hydroxylation sites is 2. The molecule has 2 aliphatic heterocycles. The van der Waals surface area contributed by atoms with E-state index in [0.717, 1.165) is 70.7 Å². The number of carboxylic acids is 3. The van der Waals surface area contributed by atoms with Gasteiger partial charge in [-0.05, 0) is 131 Å². The Bertz CT molecular complexity index is 3420. The Hall–Kier alpha value is -7.47. The van der Waals surface area contributed by atoms with E-state index in [1.807, 2.05) is 24.3 Å². The molecule has 0 spiro atoms. The third-order valence-electron chi connectivity index (χ3n) is 16.5. The highest BCUT2D eigenvalue weighted by Gasteiger charge is 2.44. The molecule has 8 N–H and O–H groups in total. The van der Waals surface area contributed by atoms with Crippen molar-refractivity contribution in [2.45, 2.75) is 179 Å². The molecular weight excluding hydrogens is 1180 g/mol. The molecule has 0 saturated carbocycles. The molecule has 0 aromatic heterocycles. The van der Waals surface area contributed by atoms with Crippen LogP contribution in [-0.4, -0.2) is 130 Å². The number of carbonyl (C=O) groups excluding carboxylic acids is 3. The van der Waals surface area contributed by atoms with Gasteiger partial charge in [-0.15, -0.1) is 0 Å². The Morgan fingerprint density at radius 1 is 0.652 bits per heavy atom. The number of urea groups is 1. The number of rotatable bonds is 37. The number of nitrogens with one attached hydrogen (secondary N) is 3. The van der Waals surface area contributed by atoms with E-state index in [1.165, 1.54) is 0 Å². The molecule has 21 nitrogen and oxygen atoms in total. The summed E-state index contributed by atoms with van der Waals surface area (Å²) in [4.78, 5) is 74.6. The van der Waals surface area contributed by atoms with Crippen molar-refractivity contribution in [3.8, 4) is 5.75 Å². The molecule has 6 rings (SSSR count). The average molecular weight is 1270 g/mol. The molecule has 3 aliphatic rings. The van der Waals surface area contributed by atoms with Crippen molar-refractivity contribution >= 4 is 73.0 Å². The van der Waals surface area contributed by atoms with Crippen LogP contribution in [0.15, 0.2) is 120 Å². The van der Waals surface area contributed by atoms with Gasteiger partial charge in [0.2, 0.25) is 11.6 Å². The fourth-order valence-corrected chi connectivity index (χ4v) is 12.9. The number of nitrogens with zero attached hydrogens (tertiary/aromatic N) is 2. The van der Waals surface area contributed by atoms with Crippen LogP contribution in [0.4, 0.5) is 16.2 Å². The predicted molar refractivity (Wildman–Crippen MR) is 340 cm³/mol. The number of anilines is 1. The van der Waals surface area contributed by atoms with E-state index in [1.54, 1.807) is 24.3 Å². The maximum Gasteiger partial charge on any atom is 0.326 e. The zero-order valence-corrected chi connectivity index (χ0v) is 53.1. The van der Waals surface area contributed by atoms with Crippen molar-refractivity contribution in [1.82, 2.24) is 16.0 Å². The minimum atomic E-state index is -4.12. The van der Waals surface area contributed by atoms with E-state index in [0.29, 0.717) is 75.1 Å². The summed E-state index contributed by atoms with van der Waals surface area (Å²) in [6, 6.07) is 20.2. The van der Waals surface area contributed by atoms with Crippen molar-refractivity contribution in [1.29, 1.82) is 0 Å². The van der Waals surface area contributed by atoms with Crippen LogP contribution in [0.25, 0.3) is 0 Å². The van der Waals surface area contributed by atoms with Gasteiger partial charge in [0.05, 0.1) is 16.9 Å². The fourth-order valence-electron chi connectivity index (χ4n) is 11.8. The van der Waals surface area contributed by atoms with Gasteiger partial charge < -0.3 is 40.9 Å². The minimum Gasteiger partial charge on any atom is -0.481 e. The number of amides is 3. The number of allylic oxidation sites excluding steroid dienone is 7. The van der Waals surface area contributed by atoms with Crippen LogP contribution in [0.3, 0.4) is 0 Å². The average Bonchev–Trinajstić information content (AvgIpc) is 1.91. The summed E-state index contributed by atoms with van der Waals surface area (Å²) in [7, 11) is -8.24. The SMILES string of the molecule is CC1(C)C(/C=C/C2=C(Oc3ccc(C[C@H](NC(=O)CCCCCCCCC(=O)CC[C@H](NC(=O)NCCCC(=O)O)C(=O)O)C(=O)O)cc3)C(=C/C=C3/N(CCCCS(=O)(=O)O)c4ccccc4C3(C)C)/CCC2)=[N+](CCCCS(=O)(=O)O)c2ccccc21. The standard InChI is InChI=1S/C66H87N5O16S2/c1-65(2)51-24-11-13-26-55(51)70(41-15-17-43-88(81,82)83)57(65)38-32-47-21-19-22-48(33-39-58-66(3,4)52-25-12-14-27-56(52)71(58)42-16-18-44-89(84,85)86)61(47)87-50-35-30-46(31-36-50)45-54(63(78)79)68-59(73)28-10-8-6-5-7-9-23-49(72)34-37-53(62(76)77)69-64(80)67-40-20-29-60(74)75/h11-14,24-27,30-33,35-36,38-39,53-54H,5-10,15-23,28-29,34,37,40-45H2,1-4H3,(H7-,67,68,69,73,74,75,76,77,78,79,80,81,82,83,84,85,86)/p+1/t53-,54-/m0/s1. The molecule has 2 heterocycles. The Kier molecular flexibility index (Phi) is 26.1. The zero-order chi connectivity index (χ0) is 64.9. The molecule has 89 heavy (non-hydrogen) atoms. The van der Waals surface area contributed by atoms with E-state index in [-0.39, 0.29) is 87.5 Å². The first-order valence-corrected chi connectivity index (χ1v) is 34.0. The number of carbonyl (C=O) groups is 6. The third kappa shape index (κ3) is 21.6. The van der Waals surface area contributed by atoms with Gasteiger partial charge in [-0.3, -0.25) is 23.5 Å². The summed E-state index contributed by atoms with van der Waals surface area (Å²) >= 11 is 0. The van der Waals surface area contributed by atoms with E-state index in [9.17, 15) is 64.9 Å². The highest BCUT2D eigenvalue weighted by molar-refractivity contribution is 7.86. The van der Waals surface area contributed by atoms with E-state index >= 15 is 0 Å². The molecule has 0 saturated heterocycles. The number of carboxylic acid groups (broad SMARTS) is 3. The van der Waals surface area contributed by atoms with Crippen molar-refractivity contribution in [2.75, 3.05) is 36.0 Å². The van der Waals surface area contributed by atoms with Crippen LogP contribution in [0.2, 0.25) is 0 Å². The number of hydrogen-bond donors (Lipinski definition) is 8. The van der Waals surface area contributed by atoms with E-state index < -0.39 is 67.1 Å². The first-order chi connectivity index (χ1) is 42.1. The molecule has 3 aromatic rings. The molecule has 23 heteroatoms. The molecule has 0 fully saturated rings. The minimum absolute atomic E-state index is 0.0159. The van der Waals surface area contributed by atoms with Crippen molar-refractivity contribution in [3.63, 3.8) is 0 Å². The lowest BCUT2D eigenvalue weighted by Crippen LogP contribution is -2.46. The van der Waals surface area contributed by atoms with Gasteiger partial charge in [0.1, 0.15) is 35.9 Å². The zero-order valence-electron chi connectivity index (χ0n) is 51.5. The summed E-state index contributed by atoms with van der Waals surface area (Å²) in [6.07, 6.45) is 16.7. The maximum atomic E-state index is 13.1. The Morgan fingerprint density at radius 2 is 1.28 bits per heavy atom. The second-order valence-corrected chi connectivity index (χ2v) is 27.3. The van der Waals surface area contributed by atoms with Crippen molar-refractivity contribution < 1.29 is 79.3 Å². The van der Waals surface area contributed by atoms with Gasteiger partial charge in [-0.25, -0.2) is 14.4 Å². The van der Waals surface area contributed by atoms with Gasteiger partial charge in [-0.1, -0.05) is 94.1 Å². The van der Waals surface area contributed by atoms with Crippen LogP contribution in [-0.2, 0) is 61.5 Å². The van der Waals surface area contributed by atoms with Crippen LogP contribution in [0, 0.1) is 0 Å². The largest absolute Gasteiger partial charge is 0.481 e. The number of benzene rings is 3. The highest BCUT2D eigenvalue weighted by Crippen LogP contribution is 2.48. The smallest absolute Gasteiger partial charge is 0.326 e. The lowest BCUT2D eigenvalue weighted by molar-refractivity contribution is -0.438. The molecule has 0 unspecified atom stereocenters. The van der Waals surface area contributed by atoms with Crippen molar-refractivity contribution in [3.05, 3.63) is 136 Å². The van der Waals surface area contributed by atoms with Crippen LogP contribution >= 0.6 is 0 Å². The number of fused-ring (bicyclic) bond motifs is 2. The number of Topliss-reactive ketones (excluding diaryl/α,β-unsaturated/α-hetero) is 1. The molecular formula is C66H88N5O16S2+. The Balaban J connectivity index is 1.12. The molecule has 3 amide bonds. The molecule has 3 aromatic carbocycles. The number of ketones is 1. The number of aliphatic carboxylic acids is 3. The second kappa shape index (κ2) is 32.8. The van der Waals surface area contributed by atoms with Crippen LogP contribution < -0.4 is 25.6 Å². The van der Waals surface area contributed by atoms with Crippen LogP contribution in [0.1, 0.15) is 166 Å². The van der Waals surface area contributed by atoms with Gasteiger partial charge in [0, 0.05) is 86.1 Å². The summed E-state index contributed by atoms with van der Waals surface area (Å²) in [5, 5.41) is 35.8. The van der Waals surface area contributed by atoms with Crippen molar-refractivity contribution in [2.24, 2.45) is 0 Å². The first-order valence-electron chi connectivity index (χ1n) is 30.8. The van der Waals surface area contributed by atoms with E-state index in [2.05, 4.69) is 102 Å². The maximum absolute atomic E-state index is 13.1. The fraction of sp³-hybridized carbons (Fsp3) is 0.500. The molecule has 484 valence electrons. The Morgan fingerprint density at radius 3 is 1.94 bits per heavy atom. The molecule has 0 bridgehead atoms. The van der Waals surface area contributed by atoms with Gasteiger partial charge >= 0.3 is 23.9 Å². The Labute approximate surface area is 523 Å². The first kappa shape index (κ1) is 70.6. The molecule has 1 aliphatic carbocycles. The number of ether oxygens (including phenoxy) is 1. The van der Waals surface area contributed by atoms with E-state index in [4.69, 9.17) is 9.84 Å². The van der Waals surface area contributed by atoms with Gasteiger partial charge in [0.15, 0.2) is 5.71 Å². The van der Waals surface area contributed by atoms with Crippen LogP contribution in [0.5, 0.6) is 5.75 Å². The van der Waals surface area contributed by atoms with Gasteiger partial charge in [0.25, 0.3) is 20.2 Å². The normalized spacial score (nSPS) is 16.9.